The molecule has 0 aliphatic heterocycles. The number of rotatable bonds is 9. The number of nitrogens with zero attached hydrogens (tertiary/aromatic N) is 6. The van der Waals surface area contributed by atoms with Crippen LogP contribution in [-0.4, -0.2) is 67.1 Å². The van der Waals surface area contributed by atoms with Gasteiger partial charge in [0.05, 0.1) is 52.7 Å². The molecule has 0 saturated heterocycles. The van der Waals surface area contributed by atoms with Gasteiger partial charge in [-0.2, -0.15) is 10.2 Å². The SMILES string of the molecule is CCOC(=O)c1cnc2c(cnn2CC)c1Cl.CCOC(=O)c1cnc2c(cnn2CC)c1NCCCl. The summed E-state index contributed by atoms with van der Waals surface area (Å²) in [5.74, 6) is -0.423. The zero-order chi connectivity index (χ0) is 26.9. The molecule has 4 heterocycles. The van der Waals surface area contributed by atoms with E-state index in [0.29, 0.717) is 66.0 Å². The van der Waals surface area contributed by atoms with Crippen LogP contribution in [0.5, 0.6) is 0 Å². The topological polar surface area (TPSA) is 126 Å². The third kappa shape index (κ3) is 6.11. The van der Waals surface area contributed by atoms with Crippen molar-refractivity contribution in [2.75, 3.05) is 31.0 Å². The Bertz CT molecular complexity index is 1390. The van der Waals surface area contributed by atoms with Crippen molar-refractivity contribution in [3.8, 4) is 0 Å². The summed E-state index contributed by atoms with van der Waals surface area (Å²) in [6.45, 7) is 10.0. The fourth-order valence-corrected chi connectivity index (χ4v) is 3.92. The minimum atomic E-state index is -0.462. The number of nitrogens with one attached hydrogen (secondary N) is 1. The number of carbonyl (C=O) groups is 2. The molecule has 0 fully saturated rings. The lowest BCUT2D eigenvalue weighted by Gasteiger charge is -2.11. The van der Waals surface area contributed by atoms with Crippen molar-refractivity contribution in [3.63, 3.8) is 0 Å². The maximum absolute atomic E-state index is 12.0. The third-order valence-electron chi connectivity index (χ3n) is 5.25. The van der Waals surface area contributed by atoms with E-state index in [9.17, 15) is 9.59 Å². The molecule has 13 heteroatoms. The van der Waals surface area contributed by atoms with Crippen LogP contribution in [0, 0.1) is 0 Å². The van der Waals surface area contributed by atoms with Crippen molar-refractivity contribution >= 4 is 62.9 Å². The van der Waals surface area contributed by atoms with Crippen molar-refractivity contribution in [2.24, 2.45) is 0 Å². The van der Waals surface area contributed by atoms with E-state index in [4.69, 9.17) is 32.7 Å². The molecule has 0 bridgehead atoms. The van der Waals surface area contributed by atoms with Gasteiger partial charge < -0.3 is 14.8 Å². The van der Waals surface area contributed by atoms with E-state index in [-0.39, 0.29) is 5.56 Å². The Labute approximate surface area is 224 Å². The molecule has 0 aliphatic rings. The average molecular weight is 550 g/mol. The summed E-state index contributed by atoms with van der Waals surface area (Å²) in [5.41, 5.74) is 2.76. The monoisotopic (exact) mass is 549 g/mol. The summed E-state index contributed by atoms with van der Waals surface area (Å²) in [4.78, 5) is 32.1. The van der Waals surface area contributed by atoms with Gasteiger partial charge in [0.25, 0.3) is 0 Å². The largest absolute Gasteiger partial charge is 0.462 e. The van der Waals surface area contributed by atoms with E-state index < -0.39 is 11.9 Å². The summed E-state index contributed by atoms with van der Waals surface area (Å²) in [6, 6.07) is 0. The highest BCUT2D eigenvalue weighted by molar-refractivity contribution is 6.38. The lowest BCUT2D eigenvalue weighted by atomic mass is 10.2. The van der Waals surface area contributed by atoms with Gasteiger partial charge in [-0.15, -0.1) is 11.6 Å². The highest BCUT2D eigenvalue weighted by Gasteiger charge is 2.19. The molecule has 4 rings (SSSR count). The summed E-state index contributed by atoms with van der Waals surface area (Å²) in [5, 5.41) is 13.4. The number of hydrogen-bond donors (Lipinski definition) is 1. The summed E-state index contributed by atoms with van der Waals surface area (Å²) in [6.07, 6.45) is 6.25. The average Bonchev–Trinajstić information content (AvgIpc) is 3.52. The second-order valence-electron chi connectivity index (χ2n) is 7.48. The maximum Gasteiger partial charge on any atom is 0.341 e. The van der Waals surface area contributed by atoms with Gasteiger partial charge in [-0.05, 0) is 27.7 Å². The molecule has 4 aromatic heterocycles. The van der Waals surface area contributed by atoms with Crippen LogP contribution in [-0.2, 0) is 22.6 Å². The number of aromatic nitrogens is 6. The number of esters is 2. The molecular weight excluding hydrogens is 521 g/mol. The molecule has 1 N–H and O–H groups in total. The van der Waals surface area contributed by atoms with Crippen molar-refractivity contribution < 1.29 is 19.1 Å². The first-order valence-electron chi connectivity index (χ1n) is 11.9. The Morgan fingerprint density at radius 2 is 1.35 bits per heavy atom. The zero-order valence-corrected chi connectivity index (χ0v) is 22.6. The smallest absolute Gasteiger partial charge is 0.341 e. The van der Waals surface area contributed by atoms with Crippen molar-refractivity contribution in [2.45, 2.75) is 40.8 Å². The van der Waals surface area contributed by atoms with Crippen LogP contribution in [0.3, 0.4) is 0 Å². The van der Waals surface area contributed by atoms with Gasteiger partial charge in [-0.3, -0.25) is 0 Å². The molecule has 198 valence electrons. The first-order valence-corrected chi connectivity index (χ1v) is 12.8. The molecule has 0 unspecified atom stereocenters. The van der Waals surface area contributed by atoms with Crippen LogP contribution >= 0.6 is 23.2 Å². The molecule has 37 heavy (non-hydrogen) atoms. The second-order valence-corrected chi connectivity index (χ2v) is 8.24. The van der Waals surface area contributed by atoms with Crippen molar-refractivity contribution in [3.05, 3.63) is 40.9 Å². The van der Waals surface area contributed by atoms with Crippen LogP contribution in [0.15, 0.2) is 24.8 Å². The molecule has 4 aromatic rings. The number of anilines is 1. The van der Waals surface area contributed by atoms with Crippen molar-refractivity contribution in [1.29, 1.82) is 0 Å². The number of aryl methyl sites for hydroxylation is 2. The van der Waals surface area contributed by atoms with Crippen LogP contribution in [0.25, 0.3) is 22.1 Å². The first-order chi connectivity index (χ1) is 17.9. The standard InChI is InChI=1S/C13H17ClN4O2.C11H12ClN3O2/c1-3-18-12-9(8-17-18)11(15-6-5-14)10(7-16-12)13(19)20-4-2;1-3-15-10-7(6-14-15)9(12)8(5-13-10)11(16)17-4-2/h7-8H,3-6H2,1-2H3,(H,15,16);5-6H,3-4H2,1-2H3. The Morgan fingerprint density at radius 1 is 0.838 bits per heavy atom. The minimum absolute atomic E-state index is 0.275. The van der Waals surface area contributed by atoms with Crippen LogP contribution in [0.4, 0.5) is 5.69 Å². The normalized spacial score (nSPS) is 10.8. The van der Waals surface area contributed by atoms with Gasteiger partial charge in [0.1, 0.15) is 5.56 Å². The molecule has 0 radical (unpaired) electrons. The Kier molecular flexibility index (Phi) is 10.0. The Hall–Kier alpha value is -3.44. The predicted octanol–water partition coefficient (Wildman–Crippen LogP) is 4.56. The van der Waals surface area contributed by atoms with Crippen LogP contribution in [0.1, 0.15) is 48.4 Å². The van der Waals surface area contributed by atoms with Crippen molar-refractivity contribution in [1.82, 2.24) is 29.5 Å². The van der Waals surface area contributed by atoms with Gasteiger partial charge in [-0.25, -0.2) is 28.9 Å². The zero-order valence-electron chi connectivity index (χ0n) is 21.1. The molecule has 0 aliphatic carbocycles. The highest BCUT2D eigenvalue weighted by atomic mass is 35.5. The number of alkyl halides is 1. The van der Waals surface area contributed by atoms with E-state index in [1.165, 1.54) is 12.4 Å². The first kappa shape index (κ1) is 28.1. The van der Waals surface area contributed by atoms with Gasteiger partial charge >= 0.3 is 11.9 Å². The molecular formula is C24H29Cl2N7O4. The fraction of sp³-hybridized carbons (Fsp3) is 0.417. The Balaban J connectivity index is 0.000000208. The molecule has 0 atom stereocenters. The third-order valence-corrected chi connectivity index (χ3v) is 5.85. The molecule has 0 saturated carbocycles. The van der Waals surface area contributed by atoms with Gasteiger partial charge in [0, 0.05) is 37.9 Å². The van der Waals surface area contributed by atoms with Gasteiger partial charge in [0.2, 0.25) is 0 Å². The quantitative estimate of drug-likeness (QED) is 0.236. The fourth-order valence-electron chi connectivity index (χ4n) is 3.56. The van der Waals surface area contributed by atoms with Gasteiger partial charge in [-0.1, -0.05) is 11.6 Å². The Morgan fingerprint density at radius 3 is 1.89 bits per heavy atom. The molecule has 0 amide bonds. The van der Waals surface area contributed by atoms with E-state index in [0.717, 1.165) is 11.0 Å². The number of carbonyl (C=O) groups excluding carboxylic acids is 2. The summed E-state index contributed by atoms with van der Waals surface area (Å²) in [7, 11) is 0. The molecule has 0 aromatic carbocycles. The van der Waals surface area contributed by atoms with E-state index in [2.05, 4.69) is 25.5 Å². The van der Waals surface area contributed by atoms with E-state index in [1.54, 1.807) is 35.6 Å². The van der Waals surface area contributed by atoms with Crippen LogP contribution < -0.4 is 5.32 Å². The second kappa shape index (κ2) is 13.2. The molecule has 0 spiro atoms. The number of hydrogen-bond acceptors (Lipinski definition) is 9. The number of fused-ring (bicyclic) bond motifs is 2. The number of pyridine rings is 2. The van der Waals surface area contributed by atoms with E-state index in [1.807, 2.05) is 13.8 Å². The minimum Gasteiger partial charge on any atom is -0.462 e. The number of ether oxygens (including phenoxy) is 2. The predicted molar refractivity (Wildman–Crippen MR) is 143 cm³/mol. The lowest BCUT2D eigenvalue weighted by molar-refractivity contribution is 0.0517. The summed E-state index contributed by atoms with van der Waals surface area (Å²) >= 11 is 11.9. The van der Waals surface area contributed by atoms with Gasteiger partial charge in [0.15, 0.2) is 11.3 Å². The summed E-state index contributed by atoms with van der Waals surface area (Å²) < 4.78 is 13.4. The maximum atomic E-state index is 12.0. The van der Waals surface area contributed by atoms with E-state index >= 15 is 0 Å². The lowest BCUT2D eigenvalue weighted by Crippen LogP contribution is -2.12. The van der Waals surface area contributed by atoms with Crippen LogP contribution in [0.2, 0.25) is 5.02 Å². The molecule has 11 nitrogen and oxygen atoms in total. The number of halogens is 2. The highest BCUT2D eigenvalue weighted by Crippen LogP contribution is 2.27.